The molecule has 0 bridgehead atoms. The van der Waals surface area contributed by atoms with Crippen molar-refractivity contribution in [2.75, 3.05) is 14.1 Å². The Labute approximate surface area is 235 Å². The van der Waals surface area contributed by atoms with Crippen LogP contribution in [0.4, 0.5) is 0 Å². The number of Topliss-reactive ketones (excluding diaryl/α,β-unsaturated/α-hetero) is 2. The minimum Gasteiger partial charge on any atom is -0.508 e. The highest BCUT2D eigenvalue weighted by Gasteiger charge is 2.69. The van der Waals surface area contributed by atoms with Crippen LogP contribution in [0.2, 0.25) is 0 Å². The van der Waals surface area contributed by atoms with Gasteiger partial charge in [0.1, 0.15) is 28.9 Å². The Morgan fingerprint density at radius 1 is 1.02 bits per heavy atom. The molecule has 5 rings (SSSR count). The molecule has 0 spiro atoms. The molecule has 11 nitrogen and oxygen atoms in total. The number of nitrogens with two attached hydrogens (primary N) is 1. The molecule has 0 saturated heterocycles. The fourth-order valence-corrected chi connectivity index (χ4v) is 6.64. The first-order valence-electron chi connectivity index (χ1n) is 13.0. The number of hydrogen-bond acceptors (Lipinski definition) is 10. The molecule has 3 aliphatic rings. The fraction of sp³-hybridized carbons (Fsp3) is 0.333. The monoisotopic (exact) mass is 562 g/mol. The van der Waals surface area contributed by atoms with Crippen LogP contribution in [0.1, 0.15) is 29.5 Å². The van der Waals surface area contributed by atoms with Crippen molar-refractivity contribution in [2.45, 2.75) is 37.0 Å². The Morgan fingerprint density at radius 3 is 2.29 bits per heavy atom. The molecule has 6 atom stereocenters. The van der Waals surface area contributed by atoms with Crippen LogP contribution in [0, 0.1) is 11.8 Å². The van der Waals surface area contributed by atoms with Crippen LogP contribution < -0.4 is 5.73 Å². The highest BCUT2D eigenvalue weighted by Crippen LogP contribution is 2.56. The van der Waals surface area contributed by atoms with Crippen LogP contribution in [0.5, 0.6) is 5.75 Å². The number of hydrogen-bond donors (Lipinski definition) is 5. The van der Waals surface area contributed by atoms with E-state index in [1.165, 1.54) is 25.1 Å². The molecular formula is C30H30N2O9. The van der Waals surface area contributed by atoms with Crippen LogP contribution in [0.3, 0.4) is 0 Å². The number of primary amides is 1. The van der Waals surface area contributed by atoms with Crippen LogP contribution in [0.15, 0.2) is 65.4 Å². The number of rotatable bonds is 5. The summed E-state index contributed by atoms with van der Waals surface area (Å²) in [6, 6.07) is 11.7. The Morgan fingerprint density at radius 2 is 1.68 bits per heavy atom. The van der Waals surface area contributed by atoms with E-state index in [0.717, 1.165) is 0 Å². The number of fused-ring (bicyclic) bond motifs is 3. The van der Waals surface area contributed by atoms with Gasteiger partial charge in [-0.2, -0.15) is 0 Å². The van der Waals surface area contributed by atoms with Crippen molar-refractivity contribution < 1.29 is 44.3 Å². The molecule has 6 N–H and O–H groups in total. The number of benzene rings is 2. The first kappa shape index (κ1) is 28.1. The molecule has 1 fully saturated rings. The molecule has 0 radical (unpaired) electrons. The summed E-state index contributed by atoms with van der Waals surface area (Å²) in [6.45, 7) is 1.70. The molecule has 0 aromatic heterocycles. The third kappa shape index (κ3) is 4.03. The van der Waals surface area contributed by atoms with E-state index in [9.17, 15) is 39.6 Å². The Kier molecular flexibility index (Phi) is 6.75. The lowest BCUT2D eigenvalue weighted by molar-refractivity contribution is -0.185. The molecule has 214 valence electrons. The van der Waals surface area contributed by atoms with E-state index in [1.807, 2.05) is 0 Å². The van der Waals surface area contributed by atoms with Gasteiger partial charge in [-0.15, -0.1) is 0 Å². The van der Waals surface area contributed by atoms with E-state index in [-0.39, 0.29) is 17.7 Å². The number of amides is 1. The summed E-state index contributed by atoms with van der Waals surface area (Å²) in [6.07, 6.45) is -1.64. The number of ketones is 2. The van der Waals surface area contributed by atoms with Gasteiger partial charge < -0.3 is 30.9 Å². The second-order valence-electron chi connectivity index (χ2n) is 10.9. The first-order chi connectivity index (χ1) is 19.3. The third-order valence-electron chi connectivity index (χ3n) is 8.42. The van der Waals surface area contributed by atoms with Crippen LogP contribution in [-0.2, 0) is 30.3 Å². The highest BCUT2D eigenvalue weighted by molar-refractivity contribution is 6.24. The maximum absolute atomic E-state index is 14.2. The Hall–Kier alpha value is -4.48. The van der Waals surface area contributed by atoms with Gasteiger partial charge in [0, 0.05) is 11.5 Å². The van der Waals surface area contributed by atoms with Crippen molar-refractivity contribution in [3.05, 3.63) is 82.1 Å². The van der Waals surface area contributed by atoms with Gasteiger partial charge in [0.25, 0.3) is 5.91 Å². The maximum Gasteiger partial charge on any atom is 0.310 e. The van der Waals surface area contributed by atoms with Crippen molar-refractivity contribution in [3.8, 4) is 5.75 Å². The van der Waals surface area contributed by atoms with Gasteiger partial charge in [-0.1, -0.05) is 49.4 Å². The second kappa shape index (κ2) is 9.86. The highest BCUT2D eigenvalue weighted by atomic mass is 16.5. The van der Waals surface area contributed by atoms with Gasteiger partial charge in [-0.05, 0) is 37.2 Å². The Bertz CT molecular complexity index is 1540. The largest absolute Gasteiger partial charge is 0.508 e. The molecule has 41 heavy (non-hydrogen) atoms. The molecule has 0 aliphatic heterocycles. The van der Waals surface area contributed by atoms with Gasteiger partial charge in [-0.3, -0.25) is 24.1 Å². The van der Waals surface area contributed by atoms with E-state index in [2.05, 4.69) is 0 Å². The zero-order valence-corrected chi connectivity index (χ0v) is 22.6. The van der Waals surface area contributed by atoms with E-state index < -0.39 is 81.6 Å². The number of nitrogens with zero attached hydrogens (tertiary/aromatic N) is 1. The maximum atomic E-state index is 14.2. The molecule has 0 heterocycles. The second-order valence-corrected chi connectivity index (χ2v) is 10.9. The molecule has 11 heteroatoms. The van der Waals surface area contributed by atoms with Crippen molar-refractivity contribution in [3.63, 3.8) is 0 Å². The molecule has 1 saturated carbocycles. The van der Waals surface area contributed by atoms with Crippen molar-refractivity contribution in [1.82, 2.24) is 4.90 Å². The molecule has 3 aliphatic carbocycles. The minimum absolute atomic E-state index is 0.0503. The first-order valence-corrected chi connectivity index (χ1v) is 13.0. The van der Waals surface area contributed by atoms with E-state index in [0.29, 0.717) is 11.1 Å². The normalized spacial score (nSPS) is 29.1. The number of phenols is 1. The molecule has 2 aromatic rings. The summed E-state index contributed by atoms with van der Waals surface area (Å²) in [5, 5.41) is 45.2. The number of carbonyl (C=O) groups excluding carboxylic acids is 4. The number of aliphatic hydroxyl groups excluding tert-OH is 2. The van der Waals surface area contributed by atoms with Crippen molar-refractivity contribution >= 4 is 29.2 Å². The number of carbonyl (C=O) groups is 4. The quantitative estimate of drug-likeness (QED) is 0.262. The number of esters is 1. The van der Waals surface area contributed by atoms with Crippen LogP contribution in [0.25, 0.3) is 5.76 Å². The predicted molar refractivity (Wildman–Crippen MR) is 144 cm³/mol. The van der Waals surface area contributed by atoms with E-state index in [4.69, 9.17) is 10.5 Å². The number of aliphatic hydroxyl groups is 3. The van der Waals surface area contributed by atoms with Gasteiger partial charge in [0.15, 0.2) is 11.4 Å². The minimum atomic E-state index is -2.98. The van der Waals surface area contributed by atoms with Gasteiger partial charge >= 0.3 is 5.97 Å². The lowest BCUT2D eigenvalue weighted by atomic mass is 9.54. The zero-order chi connectivity index (χ0) is 30.0. The number of ether oxygens (including phenoxy) is 1. The van der Waals surface area contributed by atoms with Crippen molar-refractivity contribution in [1.29, 1.82) is 0 Å². The summed E-state index contributed by atoms with van der Waals surface area (Å²) < 4.78 is 6.00. The summed E-state index contributed by atoms with van der Waals surface area (Å²) in [5.74, 6) is -9.91. The number of phenolic OH excluding ortho intramolecular Hbond substituents is 1. The fourth-order valence-electron chi connectivity index (χ4n) is 6.64. The standard InChI is InChI=1S/C30H30N2O9/c1-13-15-10-7-11-16(33)19(15)24(35)20-18(13)26(41-17(34)12-14-8-5-4-6-9-14)22-23(32(2)3)25(36)21(29(31)39)28(38)30(22,40)27(20)37/h4-11,13,18,22-23,26,33,35,38,40H,12H2,1-3H3,(H2,31,39)/t13-,18+,22+,23?,26-,30-/m0/s1. The zero-order valence-electron chi connectivity index (χ0n) is 22.6. The Balaban J connectivity index is 1.78. The average molecular weight is 563 g/mol. The van der Waals surface area contributed by atoms with Gasteiger partial charge in [0.05, 0.1) is 23.9 Å². The molecular weight excluding hydrogens is 532 g/mol. The lowest BCUT2D eigenvalue weighted by Crippen LogP contribution is -2.71. The van der Waals surface area contributed by atoms with Gasteiger partial charge in [-0.25, -0.2) is 0 Å². The van der Waals surface area contributed by atoms with Gasteiger partial charge in [0.2, 0.25) is 5.78 Å². The SMILES string of the molecule is C[C@H]1c2cccc(O)c2C(O)=C2C(=O)[C@]3(O)C(O)=C(C(N)=O)C(=O)C(N(C)C)[C@@H]3[C@@H](OC(=O)Cc3ccccc3)[C@@H]21. The van der Waals surface area contributed by atoms with Crippen LogP contribution >= 0.6 is 0 Å². The molecule has 1 unspecified atom stereocenters. The molecule has 2 aromatic carbocycles. The topological polar surface area (TPSA) is 188 Å². The number of aromatic hydroxyl groups is 1. The van der Waals surface area contributed by atoms with E-state index in [1.54, 1.807) is 49.4 Å². The summed E-state index contributed by atoms with van der Waals surface area (Å²) in [7, 11) is 2.94. The summed E-state index contributed by atoms with van der Waals surface area (Å²) in [5.41, 5.74) is 2.06. The average Bonchev–Trinajstić information content (AvgIpc) is 2.90. The smallest absolute Gasteiger partial charge is 0.310 e. The van der Waals surface area contributed by atoms with E-state index >= 15 is 0 Å². The lowest BCUT2D eigenvalue weighted by Gasteiger charge is -2.54. The third-order valence-corrected chi connectivity index (χ3v) is 8.42. The number of likely N-dealkylation sites (N-methyl/N-ethyl adjacent to an activating group) is 1. The van der Waals surface area contributed by atoms with Crippen molar-refractivity contribution in [2.24, 2.45) is 17.6 Å². The summed E-state index contributed by atoms with van der Waals surface area (Å²) in [4.78, 5) is 54.8. The van der Waals surface area contributed by atoms with Crippen LogP contribution in [-0.4, -0.2) is 80.6 Å². The predicted octanol–water partition coefficient (Wildman–Crippen LogP) is 1.29. The summed E-state index contributed by atoms with van der Waals surface area (Å²) >= 11 is 0. The molecule has 1 amide bonds.